The Morgan fingerprint density at radius 1 is 1.53 bits per heavy atom. The van der Waals surface area contributed by atoms with Gasteiger partial charge in [0, 0.05) is 18.8 Å². The smallest absolute Gasteiger partial charge is 0.124 e. The van der Waals surface area contributed by atoms with Crippen molar-refractivity contribution in [2.24, 2.45) is 5.92 Å². The lowest BCUT2D eigenvalue weighted by Crippen LogP contribution is -2.50. The number of hydrogen-bond acceptors (Lipinski definition) is 2. The topological polar surface area (TPSA) is 24.9 Å². The molecule has 2 heterocycles. The Labute approximate surface area is 102 Å². The Kier molecular flexibility index (Phi) is 2.34. The van der Waals surface area contributed by atoms with Crippen molar-refractivity contribution in [3.63, 3.8) is 0 Å². The van der Waals surface area contributed by atoms with E-state index in [2.05, 4.69) is 32.3 Å². The minimum Gasteiger partial charge on any atom is -0.309 e. The molecule has 78 valence electrons. The molecule has 0 amide bonds. The van der Waals surface area contributed by atoms with Gasteiger partial charge in [-0.2, -0.15) is 0 Å². The van der Waals surface area contributed by atoms with Crippen LogP contribution in [0.15, 0.2) is 22.9 Å². The average molecular weight is 286 g/mol. The molecule has 1 fully saturated rings. The zero-order chi connectivity index (χ0) is 10.4. The molecule has 4 heteroatoms. The summed E-state index contributed by atoms with van der Waals surface area (Å²) in [5.41, 5.74) is 2.50. The first-order valence-electron chi connectivity index (χ1n) is 5.00. The normalized spacial score (nSPS) is 28.3. The largest absolute Gasteiger partial charge is 0.309 e. The first-order chi connectivity index (χ1) is 7.25. The lowest BCUT2D eigenvalue weighted by atomic mass is 9.89. The fraction of sp³-hybridized carbons (Fsp3) is 0.364. The maximum atomic E-state index is 6.04. The van der Waals surface area contributed by atoms with Crippen molar-refractivity contribution in [1.29, 1.82) is 0 Å². The summed E-state index contributed by atoms with van der Waals surface area (Å²) in [5.74, 6) is 0.794. The number of nitrogens with zero attached hydrogens (tertiary/aromatic N) is 1. The van der Waals surface area contributed by atoms with Gasteiger partial charge in [-0.05, 0) is 45.5 Å². The summed E-state index contributed by atoms with van der Waals surface area (Å²) < 4.78 is 0.713. The summed E-state index contributed by atoms with van der Waals surface area (Å²) in [5, 5.41) is 4.12. The summed E-state index contributed by atoms with van der Waals surface area (Å²) >= 11 is 9.34. The van der Waals surface area contributed by atoms with E-state index in [1.165, 1.54) is 12.0 Å². The van der Waals surface area contributed by atoms with E-state index in [1.54, 1.807) is 0 Å². The van der Waals surface area contributed by atoms with Crippen LogP contribution in [0.25, 0.3) is 5.57 Å². The first kappa shape index (κ1) is 9.82. The van der Waals surface area contributed by atoms with Crippen LogP contribution in [0.4, 0.5) is 0 Å². The van der Waals surface area contributed by atoms with Gasteiger partial charge in [-0.25, -0.2) is 4.98 Å². The van der Waals surface area contributed by atoms with Crippen LogP contribution in [0.3, 0.4) is 0 Å². The summed E-state index contributed by atoms with van der Waals surface area (Å²) in [7, 11) is 0. The Bertz CT molecular complexity index is 444. The molecule has 0 unspecified atom stereocenters. The van der Waals surface area contributed by atoms with Crippen LogP contribution in [0, 0.1) is 5.92 Å². The van der Waals surface area contributed by atoms with E-state index in [1.807, 2.05) is 12.3 Å². The Morgan fingerprint density at radius 2 is 2.40 bits per heavy atom. The minimum absolute atomic E-state index is 0.532. The van der Waals surface area contributed by atoms with Crippen LogP contribution >= 0.6 is 27.5 Å². The van der Waals surface area contributed by atoms with Crippen molar-refractivity contribution in [2.75, 3.05) is 6.54 Å². The maximum Gasteiger partial charge on any atom is 0.124 e. The Morgan fingerprint density at radius 3 is 3.00 bits per heavy atom. The SMILES string of the molecule is Clc1cc(C2=CC[C@H]3CN[C@@H]23)cnc1Br. The third-order valence-corrected chi connectivity index (χ3v) is 4.32. The van der Waals surface area contributed by atoms with Gasteiger partial charge in [0.2, 0.25) is 0 Å². The molecule has 0 saturated carbocycles. The number of fused-ring (bicyclic) bond motifs is 1. The predicted molar refractivity (Wildman–Crippen MR) is 64.8 cm³/mol. The van der Waals surface area contributed by atoms with Gasteiger partial charge in [-0.1, -0.05) is 17.7 Å². The second kappa shape index (κ2) is 3.58. The van der Waals surface area contributed by atoms with E-state index >= 15 is 0 Å². The lowest BCUT2D eigenvalue weighted by molar-refractivity contribution is 0.307. The van der Waals surface area contributed by atoms with E-state index in [0.717, 1.165) is 18.0 Å². The number of hydrogen-bond donors (Lipinski definition) is 1. The number of halogens is 2. The molecule has 3 rings (SSSR count). The van der Waals surface area contributed by atoms with Crippen LogP contribution in [-0.4, -0.2) is 17.6 Å². The molecular formula is C11H10BrClN2. The van der Waals surface area contributed by atoms with Crippen molar-refractivity contribution in [1.82, 2.24) is 10.3 Å². The quantitative estimate of drug-likeness (QED) is 0.803. The highest BCUT2D eigenvalue weighted by molar-refractivity contribution is 9.10. The fourth-order valence-electron chi connectivity index (χ4n) is 2.27. The van der Waals surface area contributed by atoms with Gasteiger partial charge < -0.3 is 5.32 Å². The van der Waals surface area contributed by atoms with E-state index in [-0.39, 0.29) is 0 Å². The van der Waals surface area contributed by atoms with E-state index in [9.17, 15) is 0 Å². The number of rotatable bonds is 1. The molecular weight excluding hydrogens is 275 g/mol. The van der Waals surface area contributed by atoms with Crippen LogP contribution in [0.5, 0.6) is 0 Å². The van der Waals surface area contributed by atoms with Gasteiger partial charge in [0.1, 0.15) is 4.60 Å². The van der Waals surface area contributed by atoms with E-state index in [0.29, 0.717) is 15.7 Å². The van der Waals surface area contributed by atoms with Crippen LogP contribution < -0.4 is 5.32 Å². The van der Waals surface area contributed by atoms with Gasteiger partial charge in [-0.15, -0.1) is 0 Å². The molecule has 1 N–H and O–H groups in total. The Balaban J connectivity index is 1.96. The molecule has 0 radical (unpaired) electrons. The molecule has 0 aromatic carbocycles. The molecule has 1 aromatic rings. The third-order valence-electron chi connectivity index (χ3n) is 3.18. The number of pyridine rings is 1. The lowest BCUT2D eigenvalue weighted by Gasteiger charge is -2.34. The van der Waals surface area contributed by atoms with Crippen molar-refractivity contribution in [3.05, 3.63) is 33.5 Å². The van der Waals surface area contributed by atoms with Crippen molar-refractivity contribution in [2.45, 2.75) is 12.5 Å². The van der Waals surface area contributed by atoms with Crippen molar-refractivity contribution < 1.29 is 0 Å². The maximum absolute atomic E-state index is 6.04. The summed E-state index contributed by atoms with van der Waals surface area (Å²) in [6, 6.07) is 2.51. The molecule has 0 spiro atoms. The Hall–Kier alpha value is -0.380. The molecule has 1 aliphatic carbocycles. The highest BCUT2D eigenvalue weighted by Gasteiger charge is 2.37. The number of allylic oxidation sites excluding steroid dienone is 1. The minimum atomic E-state index is 0.532. The standard InChI is InChI=1S/C11H10BrClN2/c12-11-9(13)3-7(5-15-11)8-2-1-6-4-14-10(6)8/h2-3,5-6,10,14H,1,4H2/t6-,10+/m0/s1. The molecule has 2 aliphatic rings. The summed E-state index contributed by atoms with van der Waals surface area (Å²) in [6.45, 7) is 1.14. The molecule has 15 heavy (non-hydrogen) atoms. The number of aromatic nitrogens is 1. The molecule has 1 aliphatic heterocycles. The molecule has 1 saturated heterocycles. The monoisotopic (exact) mass is 284 g/mol. The van der Waals surface area contributed by atoms with Crippen molar-refractivity contribution >= 4 is 33.1 Å². The van der Waals surface area contributed by atoms with Crippen LogP contribution in [0.1, 0.15) is 12.0 Å². The molecule has 1 aromatic heterocycles. The van der Waals surface area contributed by atoms with E-state index < -0.39 is 0 Å². The molecule has 0 bridgehead atoms. The second-order valence-corrected chi connectivity index (χ2v) is 5.20. The van der Waals surface area contributed by atoms with Gasteiger partial charge in [0.25, 0.3) is 0 Å². The van der Waals surface area contributed by atoms with Crippen LogP contribution in [-0.2, 0) is 0 Å². The average Bonchev–Trinajstić information content (AvgIpc) is 2.46. The second-order valence-electron chi connectivity index (χ2n) is 4.04. The highest BCUT2D eigenvalue weighted by atomic mass is 79.9. The fourth-order valence-corrected chi connectivity index (χ4v) is 2.65. The van der Waals surface area contributed by atoms with Crippen LogP contribution in [0.2, 0.25) is 5.02 Å². The predicted octanol–water partition coefficient (Wildman–Crippen LogP) is 2.87. The van der Waals surface area contributed by atoms with Crippen molar-refractivity contribution in [3.8, 4) is 0 Å². The highest BCUT2D eigenvalue weighted by Crippen LogP contribution is 2.38. The van der Waals surface area contributed by atoms with Gasteiger partial charge in [0.15, 0.2) is 0 Å². The zero-order valence-corrected chi connectivity index (χ0v) is 10.3. The summed E-state index contributed by atoms with van der Waals surface area (Å²) in [6.07, 6.45) is 5.36. The summed E-state index contributed by atoms with van der Waals surface area (Å²) in [4.78, 5) is 4.22. The first-order valence-corrected chi connectivity index (χ1v) is 6.17. The molecule has 2 nitrogen and oxygen atoms in total. The van der Waals surface area contributed by atoms with Gasteiger partial charge in [0.05, 0.1) is 5.02 Å². The molecule has 2 atom stereocenters. The third kappa shape index (κ3) is 1.53. The zero-order valence-electron chi connectivity index (χ0n) is 8.00. The van der Waals surface area contributed by atoms with Gasteiger partial charge in [-0.3, -0.25) is 0 Å². The van der Waals surface area contributed by atoms with Gasteiger partial charge >= 0.3 is 0 Å². The number of nitrogens with one attached hydrogen (secondary N) is 1. The van der Waals surface area contributed by atoms with E-state index in [4.69, 9.17) is 11.6 Å².